The molecule has 0 unspecified atom stereocenters. The Bertz CT molecular complexity index is 602. The zero-order chi connectivity index (χ0) is 20.7. The zero-order valence-corrected chi connectivity index (χ0v) is 17.1. The molecule has 28 heavy (non-hydrogen) atoms. The molecule has 1 saturated carbocycles. The average Bonchev–Trinajstić information content (AvgIpc) is 2.62. The Morgan fingerprint density at radius 2 is 1.89 bits per heavy atom. The van der Waals surface area contributed by atoms with Gasteiger partial charge in [0.1, 0.15) is 30.2 Å². The van der Waals surface area contributed by atoms with E-state index >= 15 is 0 Å². The molecule has 3 rings (SSSR count). The molecule has 0 bridgehead atoms. The van der Waals surface area contributed by atoms with Crippen LogP contribution in [0.2, 0.25) is 0 Å². The molecular weight excluding hydrogens is 364 g/mol. The molecule has 10 atom stereocenters. The highest BCUT2D eigenvalue weighted by Gasteiger charge is 2.48. The van der Waals surface area contributed by atoms with E-state index in [9.17, 15) is 25.2 Å². The first-order valence-electron chi connectivity index (χ1n) is 10.3. The highest BCUT2D eigenvalue weighted by molar-refractivity contribution is 5.83. The summed E-state index contributed by atoms with van der Waals surface area (Å²) in [6, 6.07) is 0. The van der Waals surface area contributed by atoms with Crippen molar-refractivity contribution in [2.45, 2.75) is 77.3 Å². The second-order valence-electron chi connectivity index (χ2n) is 9.13. The minimum Gasteiger partial charge on any atom is -0.394 e. The molecule has 7 heteroatoms. The minimum absolute atomic E-state index is 0.0179. The SMILES string of the molecule is CC1=C[C@H]2[C@H](C[C@@H]1O[C@@H]1O[C@@H](CO)[C@@H](O)[C@@H](O)[C@@H]1O)[C@@H](C)CC(=O)[C@H]2C(C)C. The van der Waals surface area contributed by atoms with Gasteiger partial charge in [-0.05, 0) is 42.6 Å². The lowest BCUT2D eigenvalue weighted by molar-refractivity contribution is -0.310. The Morgan fingerprint density at radius 3 is 2.50 bits per heavy atom. The van der Waals surface area contributed by atoms with Gasteiger partial charge in [0.2, 0.25) is 0 Å². The first-order valence-corrected chi connectivity index (χ1v) is 10.3. The van der Waals surface area contributed by atoms with Crippen LogP contribution in [0.1, 0.15) is 40.5 Å². The molecule has 2 fully saturated rings. The fourth-order valence-electron chi connectivity index (χ4n) is 5.25. The number of Topliss-reactive ketones (excluding diaryl/α,β-unsaturated/α-hetero) is 1. The van der Waals surface area contributed by atoms with Gasteiger partial charge in [-0.15, -0.1) is 0 Å². The van der Waals surface area contributed by atoms with Gasteiger partial charge in [0.25, 0.3) is 0 Å². The number of aliphatic hydroxyl groups excluding tert-OH is 4. The number of allylic oxidation sites excluding steroid dienone is 1. The van der Waals surface area contributed by atoms with Crippen molar-refractivity contribution in [3.8, 4) is 0 Å². The molecule has 0 amide bonds. The fourth-order valence-corrected chi connectivity index (χ4v) is 5.25. The van der Waals surface area contributed by atoms with Crippen LogP contribution in [0.5, 0.6) is 0 Å². The van der Waals surface area contributed by atoms with Crippen molar-refractivity contribution in [3.63, 3.8) is 0 Å². The predicted octanol–water partition coefficient (Wildman–Crippen LogP) is 0.635. The summed E-state index contributed by atoms with van der Waals surface area (Å²) in [6.07, 6.45) is -3.27. The first kappa shape index (κ1) is 21.9. The van der Waals surface area contributed by atoms with Gasteiger partial charge in [-0.3, -0.25) is 4.79 Å². The number of hydrogen-bond acceptors (Lipinski definition) is 7. The standard InChI is InChI=1S/C21H34O7/c1-9(2)17-13-5-11(4)15(7-12(13)10(3)6-14(17)23)27-21-20(26)19(25)18(24)16(8-22)28-21/h5,9-10,12-13,15-22,24-26H,6-8H2,1-4H3/t10-,12+,13-,15-,16-,17-,18+,19+,20-,21+/m0/s1. The highest BCUT2D eigenvalue weighted by atomic mass is 16.7. The Kier molecular flexibility index (Phi) is 6.64. The third-order valence-electron chi connectivity index (χ3n) is 6.85. The predicted molar refractivity (Wildman–Crippen MR) is 101 cm³/mol. The summed E-state index contributed by atoms with van der Waals surface area (Å²) in [6.45, 7) is 7.76. The number of carbonyl (C=O) groups is 1. The molecular formula is C21H34O7. The number of ether oxygens (including phenoxy) is 2. The highest BCUT2D eigenvalue weighted by Crippen LogP contribution is 2.47. The number of aliphatic hydroxyl groups is 4. The Labute approximate surface area is 166 Å². The molecule has 2 aliphatic carbocycles. The molecule has 1 saturated heterocycles. The minimum atomic E-state index is -1.45. The van der Waals surface area contributed by atoms with Crippen molar-refractivity contribution >= 4 is 5.78 Å². The maximum Gasteiger partial charge on any atom is 0.187 e. The summed E-state index contributed by atoms with van der Waals surface area (Å²) in [7, 11) is 0. The molecule has 0 aromatic heterocycles. The molecule has 0 aromatic rings. The smallest absolute Gasteiger partial charge is 0.187 e. The third-order valence-corrected chi connectivity index (χ3v) is 6.85. The first-order chi connectivity index (χ1) is 13.1. The Balaban J connectivity index is 1.78. The topological polar surface area (TPSA) is 116 Å². The number of rotatable bonds is 4. The van der Waals surface area contributed by atoms with Crippen molar-refractivity contribution in [3.05, 3.63) is 11.6 Å². The van der Waals surface area contributed by atoms with Gasteiger partial charge in [-0.1, -0.05) is 26.8 Å². The van der Waals surface area contributed by atoms with Crippen LogP contribution in [0, 0.1) is 29.6 Å². The molecule has 0 spiro atoms. The lowest BCUT2D eigenvalue weighted by Gasteiger charge is -2.47. The van der Waals surface area contributed by atoms with Crippen molar-refractivity contribution in [2.24, 2.45) is 29.6 Å². The summed E-state index contributed by atoms with van der Waals surface area (Å²) in [5.74, 6) is 1.36. The van der Waals surface area contributed by atoms with Crippen LogP contribution in [0.3, 0.4) is 0 Å². The molecule has 0 aromatic carbocycles. The number of hydrogen-bond donors (Lipinski definition) is 4. The molecule has 0 radical (unpaired) electrons. The van der Waals surface area contributed by atoms with Crippen LogP contribution in [-0.4, -0.2) is 69.6 Å². The summed E-state index contributed by atoms with van der Waals surface area (Å²) in [4.78, 5) is 12.6. The average molecular weight is 398 g/mol. The van der Waals surface area contributed by atoms with E-state index in [1.54, 1.807) is 0 Å². The van der Waals surface area contributed by atoms with Gasteiger partial charge >= 0.3 is 0 Å². The number of carbonyl (C=O) groups excluding carboxylic acids is 1. The van der Waals surface area contributed by atoms with Crippen LogP contribution in [0.4, 0.5) is 0 Å². The lowest BCUT2D eigenvalue weighted by Crippen LogP contribution is -2.60. The molecule has 160 valence electrons. The van der Waals surface area contributed by atoms with E-state index in [-0.39, 0.29) is 29.8 Å². The van der Waals surface area contributed by atoms with E-state index in [0.717, 1.165) is 5.57 Å². The summed E-state index contributed by atoms with van der Waals surface area (Å²) >= 11 is 0. The van der Waals surface area contributed by atoms with Gasteiger partial charge in [-0.25, -0.2) is 0 Å². The van der Waals surface area contributed by atoms with Crippen molar-refractivity contribution in [2.75, 3.05) is 6.61 Å². The van der Waals surface area contributed by atoms with Gasteiger partial charge in [0.15, 0.2) is 6.29 Å². The quantitative estimate of drug-likeness (QED) is 0.513. The van der Waals surface area contributed by atoms with E-state index in [2.05, 4.69) is 26.8 Å². The fraction of sp³-hybridized carbons (Fsp3) is 0.857. The molecule has 3 aliphatic rings. The summed E-state index contributed by atoms with van der Waals surface area (Å²) < 4.78 is 11.5. The summed E-state index contributed by atoms with van der Waals surface area (Å²) in [5.41, 5.74) is 0.978. The van der Waals surface area contributed by atoms with E-state index < -0.39 is 37.3 Å². The van der Waals surface area contributed by atoms with Gasteiger partial charge in [0.05, 0.1) is 12.7 Å². The van der Waals surface area contributed by atoms with Crippen molar-refractivity contribution in [1.82, 2.24) is 0 Å². The maximum absolute atomic E-state index is 12.6. The third kappa shape index (κ3) is 3.93. The summed E-state index contributed by atoms with van der Waals surface area (Å²) in [5, 5.41) is 39.6. The Morgan fingerprint density at radius 1 is 1.21 bits per heavy atom. The van der Waals surface area contributed by atoms with Gasteiger partial charge in [0, 0.05) is 12.3 Å². The van der Waals surface area contributed by atoms with E-state index in [1.807, 2.05) is 6.92 Å². The number of ketones is 1. The van der Waals surface area contributed by atoms with Gasteiger partial charge in [-0.2, -0.15) is 0 Å². The molecule has 7 nitrogen and oxygen atoms in total. The van der Waals surface area contributed by atoms with E-state index in [1.165, 1.54) is 0 Å². The van der Waals surface area contributed by atoms with Crippen LogP contribution >= 0.6 is 0 Å². The monoisotopic (exact) mass is 398 g/mol. The number of fused-ring (bicyclic) bond motifs is 1. The van der Waals surface area contributed by atoms with E-state index in [4.69, 9.17) is 9.47 Å². The lowest BCUT2D eigenvalue weighted by atomic mass is 9.59. The van der Waals surface area contributed by atoms with Crippen molar-refractivity contribution < 1.29 is 34.7 Å². The zero-order valence-electron chi connectivity index (χ0n) is 17.1. The van der Waals surface area contributed by atoms with Gasteiger partial charge < -0.3 is 29.9 Å². The molecule has 1 aliphatic heterocycles. The van der Waals surface area contributed by atoms with E-state index in [0.29, 0.717) is 24.5 Å². The largest absolute Gasteiger partial charge is 0.394 e. The van der Waals surface area contributed by atoms with Crippen LogP contribution in [0.15, 0.2) is 11.6 Å². The molecule has 1 heterocycles. The van der Waals surface area contributed by atoms with Crippen LogP contribution < -0.4 is 0 Å². The second-order valence-corrected chi connectivity index (χ2v) is 9.13. The molecule has 4 N–H and O–H groups in total. The van der Waals surface area contributed by atoms with Crippen LogP contribution in [-0.2, 0) is 14.3 Å². The normalized spacial score (nSPS) is 47.0. The van der Waals surface area contributed by atoms with Crippen LogP contribution in [0.25, 0.3) is 0 Å². The van der Waals surface area contributed by atoms with Crippen molar-refractivity contribution in [1.29, 1.82) is 0 Å². The Hall–Kier alpha value is -0.830. The maximum atomic E-state index is 12.6. The second kappa shape index (κ2) is 8.50.